The Kier molecular flexibility index (Phi) is 3.78. The van der Waals surface area contributed by atoms with Crippen molar-refractivity contribution in [2.75, 3.05) is 6.54 Å². The van der Waals surface area contributed by atoms with Gasteiger partial charge >= 0.3 is 0 Å². The van der Waals surface area contributed by atoms with E-state index in [1.54, 1.807) is 12.1 Å². The lowest BCUT2D eigenvalue weighted by Gasteiger charge is -2.03. The van der Waals surface area contributed by atoms with Gasteiger partial charge in [0.15, 0.2) is 0 Å². The monoisotopic (exact) mass is 233 g/mol. The van der Waals surface area contributed by atoms with Crippen molar-refractivity contribution in [2.24, 2.45) is 0 Å². The molecule has 5 nitrogen and oxygen atoms in total. The number of carbonyl (C=O) groups excluding carboxylic acids is 1. The quantitative estimate of drug-likeness (QED) is 0.716. The topological polar surface area (TPSA) is 78.1 Å². The standard InChI is InChI=1S/C12H15N3O2/c13-7-10-3-4-11(17-10)8-14-6-5-12(16)15-9-1-2-9/h3-4,9,14H,1-2,5-6,8H2,(H,15,16). The van der Waals surface area contributed by atoms with Gasteiger partial charge in [0.05, 0.1) is 6.54 Å². The first-order chi connectivity index (χ1) is 8.28. The summed E-state index contributed by atoms with van der Waals surface area (Å²) in [6.45, 7) is 1.15. The van der Waals surface area contributed by atoms with E-state index in [9.17, 15) is 4.79 Å². The number of hydrogen-bond donors (Lipinski definition) is 2. The molecule has 1 aromatic heterocycles. The summed E-state index contributed by atoms with van der Waals surface area (Å²) in [6.07, 6.45) is 2.70. The summed E-state index contributed by atoms with van der Waals surface area (Å²) in [5.41, 5.74) is 0. The van der Waals surface area contributed by atoms with Crippen LogP contribution in [0.15, 0.2) is 16.5 Å². The zero-order valence-electron chi connectivity index (χ0n) is 9.53. The summed E-state index contributed by atoms with van der Waals surface area (Å²) in [7, 11) is 0. The Hall–Kier alpha value is -1.80. The highest BCUT2D eigenvalue weighted by Gasteiger charge is 2.22. The maximum atomic E-state index is 11.3. The smallest absolute Gasteiger partial charge is 0.221 e. The second-order valence-corrected chi connectivity index (χ2v) is 4.15. The van der Waals surface area contributed by atoms with Gasteiger partial charge in [-0.3, -0.25) is 4.79 Å². The van der Waals surface area contributed by atoms with Crippen molar-refractivity contribution in [1.82, 2.24) is 10.6 Å². The van der Waals surface area contributed by atoms with Crippen molar-refractivity contribution < 1.29 is 9.21 Å². The molecule has 0 aliphatic heterocycles. The van der Waals surface area contributed by atoms with E-state index < -0.39 is 0 Å². The number of furan rings is 1. The number of carbonyl (C=O) groups is 1. The minimum Gasteiger partial charge on any atom is -0.449 e. The summed E-state index contributed by atoms with van der Waals surface area (Å²) in [4.78, 5) is 11.3. The van der Waals surface area contributed by atoms with Gasteiger partial charge in [-0.2, -0.15) is 5.26 Å². The van der Waals surface area contributed by atoms with E-state index >= 15 is 0 Å². The van der Waals surface area contributed by atoms with Gasteiger partial charge in [0.25, 0.3) is 0 Å². The molecule has 0 saturated heterocycles. The molecule has 0 bridgehead atoms. The van der Waals surface area contributed by atoms with E-state index in [-0.39, 0.29) is 5.91 Å². The SMILES string of the molecule is N#Cc1ccc(CNCCC(=O)NC2CC2)o1. The van der Waals surface area contributed by atoms with Crippen LogP contribution in [0.1, 0.15) is 30.8 Å². The Morgan fingerprint density at radius 3 is 3.00 bits per heavy atom. The Morgan fingerprint density at radius 2 is 2.35 bits per heavy atom. The van der Waals surface area contributed by atoms with Crippen LogP contribution in [-0.4, -0.2) is 18.5 Å². The van der Waals surface area contributed by atoms with Crippen LogP contribution in [0.25, 0.3) is 0 Å². The maximum absolute atomic E-state index is 11.3. The lowest BCUT2D eigenvalue weighted by Crippen LogP contribution is -2.28. The normalized spacial score (nSPS) is 14.3. The van der Waals surface area contributed by atoms with Gasteiger partial charge in [0.2, 0.25) is 11.7 Å². The summed E-state index contributed by atoms with van der Waals surface area (Å²) in [6, 6.07) is 5.74. The fourth-order valence-electron chi connectivity index (χ4n) is 1.47. The molecular formula is C12H15N3O2. The van der Waals surface area contributed by atoms with Gasteiger partial charge in [-0.05, 0) is 25.0 Å². The molecule has 1 saturated carbocycles. The van der Waals surface area contributed by atoms with E-state index in [1.165, 1.54) is 0 Å². The number of hydrogen-bond acceptors (Lipinski definition) is 4. The molecule has 1 aliphatic rings. The van der Waals surface area contributed by atoms with E-state index in [2.05, 4.69) is 10.6 Å². The van der Waals surface area contributed by atoms with E-state index in [4.69, 9.17) is 9.68 Å². The van der Waals surface area contributed by atoms with Crippen LogP contribution < -0.4 is 10.6 Å². The van der Waals surface area contributed by atoms with Crippen LogP contribution in [0.3, 0.4) is 0 Å². The average molecular weight is 233 g/mol. The highest BCUT2D eigenvalue weighted by atomic mass is 16.3. The van der Waals surface area contributed by atoms with Crippen LogP contribution in [0.5, 0.6) is 0 Å². The average Bonchev–Trinajstić information content (AvgIpc) is 3.01. The highest BCUT2D eigenvalue weighted by molar-refractivity contribution is 5.76. The van der Waals surface area contributed by atoms with Crippen LogP contribution in [0.4, 0.5) is 0 Å². The van der Waals surface area contributed by atoms with Gasteiger partial charge < -0.3 is 15.1 Å². The van der Waals surface area contributed by atoms with Crippen molar-refractivity contribution >= 4 is 5.91 Å². The lowest BCUT2D eigenvalue weighted by atomic mass is 10.3. The molecule has 0 atom stereocenters. The first-order valence-electron chi connectivity index (χ1n) is 5.77. The number of amides is 1. The van der Waals surface area contributed by atoms with E-state index in [0.717, 1.165) is 12.8 Å². The largest absolute Gasteiger partial charge is 0.449 e. The number of nitrogens with zero attached hydrogens (tertiary/aromatic N) is 1. The zero-order chi connectivity index (χ0) is 12.1. The van der Waals surface area contributed by atoms with Gasteiger partial charge in [0, 0.05) is 19.0 Å². The second-order valence-electron chi connectivity index (χ2n) is 4.15. The van der Waals surface area contributed by atoms with E-state index in [1.807, 2.05) is 6.07 Å². The number of rotatable bonds is 6. The molecule has 1 aliphatic carbocycles. The Bertz CT molecular complexity index is 429. The predicted octanol–water partition coefficient (Wildman–Crippen LogP) is 0.910. The van der Waals surface area contributed by atoms with Gasteiger partial charge in [-0.25, -0.2) is 0 Å². The first kappa shape index (κ1) is 11.7. The summed E-state index contributed by atoms with van der Waals surface area (Å²) >= 11 is 0. The zero-order valence-corrected chi connectivity index (χ0v) is 9.53. The molecule has 0 spiro atoms. The predicted molar refractivity (Wildman–Crippen MR) is 60.9 cm³/mol. The van der Waals surface area contributed by atoms with Crippen molar-refractivity contribution in [1.29, 1.82) is 5.26 Å². The molecule has 0 unspecified atom stereocenters. The third-order valence-corrected chi connectivity index (χ3v) is 2.54. The summed E-state index contributed by atoms with van der Waals surface area (Å²) in [5.74, 6) is 1.12. The molecule has 1 fully saturated rings. The van der Waals surface area contributed by atoms with Crippen LogP contribution in [-0.2, 0) is 11.3 Å². The van der Waals surface area contributed by atoms with Crippen LogP contribution in [0, 0.1) is 11.3 Å². The second kappa shape index (κ2) is 5.51. The summed E-state index contributed by atoms with van der Waals surface area (Å²) < 4.78 is 5.19. The molecule has 5 heteroatoms. The van der Waals surface area contributed by atoms with Gasteiger partial charge in [0.1, 0.15) is 11.8 Å². The van der Waals surface area contributed by atoms with Crippen molar-refractivity contribution in [2.45, 2.75) is 31.8 Å². The molecule has 1 heterocycles. The summed E-state index contributed by atoms with van der Waals surface area (Å²) in [5, 5.41) is 14.6. The van der Waals surface area contributed by atoms with Crippen molar-refractivity contribution in [3.63, 3.8) is 0 Å². The van der Waals surface area contributed by atoms with Crippen LogP contribution in [0.2, 0.25) is 0 Å². The highest BCUT2D eigenvalue weighted by Crippen LogP contribution is 2.18. The molecule has 90 valence electrons. The Labute approximate surface area is 99.8 Å². The molecular weight excluding hydrogens is 218 g/mol. The first-order valence-corrected chi connectivity index (χ1v) is 5.77. The maximum Gasteiger partial charge on any atom is 0.221 e. The fourth-order valence-corrected chi connectivity index (χ4v) is 1.47. The molecule has 2 rings (SSSR count). The van der Waals surface area contributed by atoms with Crippen molar-refractivity contribution in [3.8, 4) is 6.07 Å². The molecule has 2 N–H and O–H groups in total. The molecule has 0 radical (unpaired) electrons. The molecule has 1 amide bonds. The Morgan fingerprint density at radius 1 is 1.53 bits per heavy atom. The number of nitriles is 1. The third kappa shape index (κ3) is 3.93. The van der Waals surface area contributed by atoms with Gasteiger partial charge in [-0.1, -0.05) is 0 Å². The Balaban J connectivity index is 1.59. The third-order valence-electron chi connectivity index (χ3n) is 2.54. The van der Waals surface area contributed by atoms with Gasteiger partial charge in [-0.15, -0.1) is 0 Å². The number of nitrogens with one attached hydrogen (secondary N) is 2. The lowest BCUT2D eigenvalue weighted by molar-refractivity contribution is -0.121. The van der Waals surface area contributed by atoms with Crippen LogP contribution >= 0.6 is 0 Å². The molecule has 0 aromatic carbocycles. The molecule has 1 aromatic rings. The fraction of sp³-hybridized carbons (Fsp3) is 0.500. The minimum atomic E-state index is 0.0946. The van der Waals surface area contributed by atoms with E-state index in [0.29, 0.717) is 37.1 Å². The molecule has 17 heavy (non-hydrogen) atoms. The minimum absolute atomic E-state index is 0.0946. The van der Waals surface area contributed by atoms with Crippen molar-refractivity contribution in [3.05, 3.63) is 23.7 Å².